The first-order chi connectivity index (χ1) is 7.74. The average Bonchev–Trinajstić information content (AvgIpc) is 2.74. The molecule has 1 aromatic rings. The average molecular weight is 238 g/mol. The van der Waals surface area contributed by atoms with Gasteiger partial charge in [0.25, 0.3) is 0 Å². The molecule has 88 valence electrons. The first-order valence-corrected chi connectivity index (χ1v) is 6.69. The van der Waals surface area contributed by atoms with Gasteiger partial charge in [-0.1, -0.05) is 0 Å². The van der Waals surface area contributed by atoms with Gasteiger partial charge in [0.05, 0.1) is 6.54 Å². The highest BCUT2D eigenvalue weighted by Gasteiger charge is 2.18. The molecule has 0 amide bonds. The number of hydrogen-bond donors (Lipinski definition) is 1. The SMILES string of the molecule is NC1CCN(CC(=O)Cc2ccsc2)CC1. The summed E-state index contributed by atoms with van der Waals surface area (Å²) < 4.78 is 0. The molecule has 0 radical (unpaired) electrons. The van der Waals surface area contributed by atoms with E-state index in [0.29, 0.717) is 24.8 Å². The number of thiophene rings is 1. The van der Waals surface area contributed by atoms with Crippen LogP contribution in [-0.4, -0.2) is 36.4 Å². The van der Waals surface area contributed by atoms with E-state index in [9.17, 15) is 4.79 Å². The molecule has 16 heavy (non-hydrogen) atoms. The number of nitrogens with two attached hydrogens (primary N) is 1. The molecule has 2 N–H and O–H groups in total. The molecule has 2 heterocycles. The Morgan fingerprint density at radius 2 is 2.25 bits per heavy atom. The summed E-state index contributed by atoms with van der Waals surface area (Å²) in [7, 11) is 0. The van der Waals surface area contributed by atoms with E-state index < -0.39 is 0 Å². The van der Waals surface area contributed by atoms with Crippen molar-refractivity contribution in [2.75, 3.05) is 19.6 Å². The highest BCUT2D eigenvalue weighted by molar-refractivity contribution is 7.07. The maximum Gasteiger partial charge on any atom is 0.151 e. The number of ketones is 1. The third kappa shape index (κ3) is 3.40. The molecule has 1 aromatic heterocycles. The second kappa shape index (κ2) is 5.57. The fourth-order valence-electron chi connectivity index (χ4n) is 2.04. The second-order valence-electron chi connectivity index (χ2n) is 4.46. The van der Waals surface area contributed by atoms with E-state index in [1.165, 1.54) is 0 Å². The van der Waals surface area contributed by atoms with Crippen LogP contribution in [0.5, 0.6) is 0 Å². The third-order valence-electron chi connectivity index (χ3n) is 3.01. The van der Waals surface area contributed by atoms with E-state index in [1.54, 1.807) is 11.3 Å². The van der Waals surface area contributed by atoms with Gasteiger partial charge >= 0.3 is 0 Å². The zero-order valence-corrected chi connectivity index (χ0v) is 10.2. The van der Waals surface area contributed by atoms with E-state index in [2.05, 4.69) is 4.90 Å². The van der Waals surface area contributed by atoms with Crippen LogP contribution < -0.4 is 5.73 Å². The van der Waals surface area contributed by atoms with Gasteiger partial charge in [-0.05, 0) is 35.2 Å². The second-order valence-corrected chi connectivity index (χ2v) is 5.24. The van der Waals surface area contributed by atoms with Crippen LogP contribution in [0.3, 0.4) is 0 Å². The Balaban J connectivity index is 1.75. The van der Waals surface area contributed by atoms with Gasteiger partial charge in [0.2, 0.25) is 0 Å². The molecule has 0 aliphatic carbocycles. The lowest BCUT2D eigenvalue weighted by atomic mass is 10.1. The quantitative estimate of drug-likeness (QED) is 0.859. The molecule has 1 fully saturated rings. The van der Waals surface area contributed by atoms with Crippen molar-refractivity contribution in [1.82, 2.24) is 4.90 Å². The van der Waals surface area contributed by atoms with Gasteiger partial charge in [0.1, 0.15) is 0 Å². The van der Waals surface area contributed by atoms with Crippen molar-refractivity contribution in [1.29, 1.82) is 0 Å². The van der Waals surface area contributed by atoms with Crippen LogP contribution in [0.25, 0.3) is 0 Å². The number of nitrogens with zero attached hydrogens (tertiary/aromatic N) is 1. The molecule has 0 atom stereocenters. The van der Waals surface area contributed by atoms with Gasteiger partial charge in [-0.3, -0.25) is 9.69 Å². The summed E-state index contributed by atoms with van der Waals surface area (Å²) in [5.41, 5.74) is 6.97. The van der Waals surface area contributed by atoms with Crippen molar-refractivity contribution < 1.29 is 4.79 Å². The van der Waals surface area contributed by atoms with Gasteiger partial charge in [-0.25, -0.2) is 0 Å². The molecule has 4 heteroatoms. The van der Waals surface area contributed by atoms with Crippen LogP contribution in [0.2, 0.25) is 0 Å². The minimum absolute atomic E-state index is 0.314. The maximum atomic E-state index is 11.8. The summed E-state index contributed by atoms with van der Waals surface area (Å²) in [6.45, 7) is 2.52. The third-order valence-corrected chi connectivity index (χ3v) is 3.75. The van der Waals surface area contributed by atoms with E-state index in [-0.39, 0.29) is 0 Å². The molecular weight excluding hydrogens is 220 g/mol. The van der Waals surface area contributed by atoms with Crippen LogP contribution in [0, 0.1) is 0 Å². The summed E-state index contributed by atoms with van der Waals surface area (Å²) in [6, 6.07) is 2.36. The molecular formula is C12H18N2OS. The van der Waals surface area contributed by atoms with Crippen molar-refractivity contribution in [3.8, 4) is 0 Å². The number of carbonyl (C=O) groups excluding carboxylic acids is 1. The van der Waals surface area contributed by atoms with Gasteiger partial charge in [-0.2, -0.15) is 11.3 Å². The Morgan fingerprint density at radius 3 is 2.88 bits per heavy atom. The van der Waals surface area contributed by atoms with Gasteiger partial charge in [0.15, 0.2) is 5.78 Å². The molecule has 0 saturated carbocycles. The Kier molecular flexibility index (Phi) is 4.09. The minimum Gasteiger partial charge on any atom is -0.328 e. The van der Waals surface area contributed by atoms with E-state index in [4.69, 9.17) is 5.73 Å². The largest absolute Gasteiger partial charge is 0.328 e. The molecule has 0 bridgehead atoms. The molecule has 0 unspecified atom stereocenters. The van der Waals surface area contributed by atoms with E-state index in [0.717, 1.165) is 31.5 Å². The summed E-state index contributed by atoms with van der Waals surface area (Å²) in [5, 5.41) is 4.06. The molecule has 0 spiro atoms. The molecule has 1 saturated heterocycles. The Bertz CT molecular complexity index is 329. The lowest BCUT2D eigenvalue weighted by molar-refractivity contribution is -0.119. The molecule has 1 aliphatic heterocycles. The number of rotatable bonds is 4. The monoisotopic (exact) mass is 238 g/mol. The Morgan fingerprint density at radius 1 is 1.50 bits per heavy atom. The first kappa shape index (κ1) is 11.8. The van der Waals surface area contributed by atoms with Crippen LogP contribution >= 0.6 is 11.3 Å². The van der Waals surface area contributed by atoms with Gasteiger partial charge in [0, 0.05) is 25.6 Å². The van der Waals surface area contributed by atoms with Crippen LogP contribution in [-0.2, 0) is 11.2 Å². The fraction of sp³-hybridized carbons (Fsp3) is 0.583. The van der Waals surface area contributed by atoms with Crippen molar-refractivity contribution in [2.24, 2.45) is 5.73 Å². The highest BCUT2D eigenvalue weighted by atomic mass is 32.1. The number of hydrogen-bond acceptors (Lipinski definition) is 4. The summed E-state index contributed by atoms with van der Waals surface area (Å²) in [5.74, 6) is 0.314. The normalized spacial score (nSPS) is 18.8. The molecule has 1 aliphatic rings. The summed E-state index contributed by atoms with van der Waals surface area (Å²) in [6.07, 6.45) is 2.61. The van der Waals surface area contributed by atoms with Crippen LogP contribution in [0.15, 0.2) is 16.8 Å². The summed E-state index contributed by atoms with van der Waals surface area (Å²) in [4.78, 5) is 14.0. The number of Topliss-reactive ketones (excluding diaryl/α,β-unsaturated/α-hetero) is 1. The predicted octanol–water partition coefficient (Wildman–Crippen LogP) is 1.28. The van der Waals surface area contributed by atoms with E-state index in [1.807, 2.05) is 16.8 Å². The Labute approximate surface area is 100 Å². The predicted molar refractivity (Wildman–Crippen MR) is 66.7 cm³/mol. The lowest BCUT2D eigenvalue weighted by Crippen LogP contribution is -2.42. The van der Waals surface area contributed by atoms with Crippen molar-refractivity contribution in [2.45, 2.75) is 25.3 Å². The van der Waals surface area contributed by atoms with Gasteiger partial charge in [-0.15, -0.1) is 0 Å². The minimum atomic E-state index is 0.314. The zero-order chi connectivity index (χ0) is 11.4. The molecule has 2 rings (SSSR count). The van der Waals surface area contributed by atoms with Gasteiger partial charge < -0.3 is 5.73 Å². The highest BCUT2D eigenvalue weighted by Crippen LogP contribution is 2.10. The van der Waals surface area contributed by atoms with Crippen molar-refractivity contribution in [3.63, 3.8) is 0 Å². The zero-order valence-electron chi connectivity index (χ0n) is 9.39. The molecule has 0 aromatic carbocycles. The van der Waals surface area contributed by atoms with Crippen molar-refractivity contribution >= 4 is 17.1 Å². The van der Waals surface area contributed by atoms with Crippen LogP contribution in [0.4, 0.5) is 0 Å². The first-order valence-electron chi connectivity index (χ1n) is 5.75. The number of likely N-dealkylation sites (tertiary alicyclic amines) is 1. The standard InChI is InChI=1S/C12H18N2OS/c13-11-1-4-14(5-2-11)8-12(15)7-10-3-6-16-9-10/h3,6,9,11H,1-2,4-5,7-8,13H2. The summed E-state index contributed by atoms with van der Waals surface area (Å²) >= 11 is 1.65. The lowest BCUT2D eigenvalue weighted by Gasteiger charge is -2.29. The van der Waals surface area contributed by atoms with Crippen LogP contribution in [0.1, 0.15) is 18.4 Å². The number of piperidine rings is 1. The topological polar surface area (TPSA) is 46.3 Å². The van der Waals surface area contributed by atoms with Crippen molar-refractivity contribution in [3.05, 3.63) is 22.4 Å². The smallest absolute Gasteiger partial charge is 0.151 e. The van der Waals surface area contributed by atoms with E-state index >= 15 is 0 Å². The maximum absolute atomic E-state index is 11.8. The molecule has 3 nitrogen and oxygen atoms in total. The fourth-order valence-corrected chi connectivity index (χ4v) is 2.71. The Hall–Kier alpha value is -0.710. The number of carbonyl (C=O) groups is 1.